The highest BCUT2D eigenvalue weighted by Crippen LogP contribution is 2.58. The molecule has 0 atom stereocenters. The molecule has 3 rings (SSSR count). The Morgan fingerprint density at radius 1 is 1.08 bits per heavy atom. The van der Waals surface area contributed by atoms with Crippen LogP contribution in [0.25, 0.3) is 0 Å². The molecule has 1 aliphatic carbocycles. The molecule has 0 spiro atoms. The monoisotopic (exact) mass is 332 g/mol. The number of rotatable bonds is 6. The standard InChI is InChI=1S/C19H18F2O3/c1-18(20,21)19(10-11-19)14-4-8-16(9-5-14)24-15-6-2-13(3-7-15)17(23)12-22/h2-9,22H,10-12H2,1H3. The van der Waals surface area contributed by atoms with Crippen LogP contribution in [0.3, 0.4) is 0 Å². The zero-order valence-electron chi connectivity index (χ0n) is 13.3. The first-order valence-electron chi connectivity index (χ1n) is 7.76. The highest BCUT2D eigenvalue weighted by molar-refractivity contribution is 5.96. The van der Waals surface area contributed by atoms with Gasteiger partial charge in [-0.1, -0.05) is 12.1 Å². The number of halogens is 2. The first-order valence-corrected chi connectivity index (χ1v) is 7.76. The summed E-state index contributed by atoms with van der Waals surface area (Å²) in [5, 5.41) is 8.81. The molecule has 2 aromatic carbocycles. The van der Waals surface area contributed by atoms with Crippen molar-refractivity contribution in [1.29, 1.82) is 0 Å². The third-order valence-corrected chi connectivity index (χ3v) is 4.55. The second-order valence-corrected chi connectivity index (χ2v) is 6.20. The summed E-state index contributed by atoms with van der Waals surface area (Å²) in [6, 6.07) is 13.1. The third-order valence-electron chi connectivity index (χ3n) is 4.55. The van der Waals surface area contributed by atoms with Crippen LogP contribution in [-0.4, -0.2) is 23.4 Å². The van der Waals surface area contributed by atoms with Gasteiger partial charge in [0.15, 0.2) is 5.78 Å². The van der Waals surface area contributed by atoms with Gasteiger partial charge < -0.3 is 9.84 Å². The van der Waals surface area contributed by atoms with Gasteiger partial charge in [-0.3, -0.25) is 4.79 Å². The zero-order chi connectivity index (χ0) is 17.4. The van der Waals surface area contributed by atoms with E-state index < -0.39 is 17.9 Å². The van der Waals surface area contributed by atoms with Crippen LogP contribution in [0, 0.1) is 0 Å². The van der Waals surface area contributed by atoms with Gasteiger partial charge in [0.25, 0.3) is 5.92 Å². The van der Waals surface area contributed by atoms with Crippen LogP contribution in [0.15, 0.2) is 48.5 Å². The fourth-order valence-corrected chi connectivity index (χ4v) is 2.88. The lowest BCUT2D eigenvalue weighted by Gasteiger charge is -2.23. The molecule has 0 unspecified atom stereocenters. The van der Waals surface area contributed by atoms with E-state index in [0.29, 0.717) is 35.5 Å². The van der Waals surface area contributed by atoms with Gasteiger partial charge in [0.1, 0.15) is 18.1 Å². The Labute approximate surface area is 138 Å². The second-order valence-electron chi connectivity index (χ2n) is 6.20. The lowest BCUT2D eigenvalue weighted by molar-refractivity contribution is -0.0200. The van der Waals surface area contributed by atoms with Crippen molar-refractivity contribution in [2.24, 2.45) is 0 Å². The summed E-state index contributed by atoms with van der Waals surface area (Å²) < 4.78 is 33.2. The number of Topliss-reactive ketones (excluding diaryl/α,β-unsaturated/α-hetero) is 1. The van der Waals surface area contributed by atoms with E-state index in [0.717, 1.165) is 6.92 Å². The molecule has 0 saturated heterocycles. The maximum atomic E-state index is 13.8. The molecular weight excluding hydrogens is 314 g/mol. The first-order chi connectivity index (χ1) is 11.4. The molecule has 3 nitrogen and oxygen atoms in total. The van der Waals surface area contributed by atoms with Crippen LogP contribution in [-0.2, 0) is 5.41 Å². The van der Waals surface area contributed by atoms with Gasteiger partial charge in [0.2, 0.25) is 0 Å². The number of ether oxygens (including phenoxy) is 1. The minimum atomic E-state index is -2.73. The number of alkyl halides is 2. The summed E-state index contributed by atoms with van der Waals surface area (Å²) in [6.45, 7) is 0.436. The average molecular weight is 332 g/mol. The second kappa shape index (κ2) is 5.98. The van der Waals surface area contributed by atoms with E-state index in [-0.39, 0.29) is 5.78 Å². The Balaban J connectivity index is 1.72. The molecule has 1 N–H and O–H groups in total. The Morgan fingerprint density at radius 3 is 2.00 bits per heavy atom. The summed E-state index contributed by atoms with van der Waals surface area (Å²) in [6.07, 6.45) is 0.994. The van der Waals surface area contributed by atoms with Crippen molar-refractivity contribution < 1.29 is 23.4 Å². The molecule has 0 aromatic heterocycles. The summed E-state index contributed by atoms with van der Waals surface area (Å²) in [7, 11) is 0. The molecule has 0 heterocycles. The molecule has 0 radical (unpaired) electrons. The van der Waals surface area contributed by atoms with E-state index >= 15 is 0 Å². The lowest BCUT2D eigenvalue weighted by atomic mass is 9.90. The van der Waals surface area contributed by atoms with Crippen molar-refractivity contribution in [1.82, 2.24) is 0 Å². The lowest BCUT2D eigenvalue weighted by Crippen LogP contribution is -2.29. The van der Waals surface area contributed by atoms with Crippen LogP contribution in [0.4, 0.5) is 8.78 Å². The van der Waals surface area contributed by atoms with Crippen LogP contribution in [0.1, 0.15) is 35.7 Å². The van der Waals surface area contributed by atoms with Crippen molar-refractivity contribution in [3.63, 3.8) is 0 Å². The zero-order valence-corrected chi connectivity index (χ0v) is 13.3. The quantitative estimate of drug-likeness (QED) is 0.801. The van der Waals surface area contributed by atoms with Crippen molar-refractivity contribution in [2.75, 3.05) is 6.61 Å². The van der Waals surface area contributed by atoms with E-state index in [4.69, 9.17) is 9.84 Å². The molecule has 1 aliphatic rings. The van der Waals surface area contributed by atoms with Crippen LogP contribution < -0.4 is 4.74 Å². The Bertz CT molecular complexity index is 727. The van der Waals surface area contributed by atoms with E-state index in [9.17, 15) is 13.6 Å². The van der Waals surface area contributed by atoms with E-state index in [1.807, 2.05) is 0 Å². The number of benzene rings is 2. The Kier molecular flexibility index (Phi) is 4.13. The molecule has 0 bridgehead atoms. The highest BCUT2D eigenvalue weighted by Gasteiger charge is 2.59. The number of aliphatic hydroxyl groups is 1. The summed E-state index contributed by atoms with van der Waals surface area (Å²) in [4.78, 5) is 11.3. The maximum Gasteiger partial charge on any atom is 0.254 e. The van der Waals surface area contributed by atoms with Gasteiger partial charge in [0, 0.05) is 12.5 Å². The fourth-order valence-electron chi connectivity index (χ4n) is 2.88. The van der Waals surface area contributed by atoms with Crippen LogP contribution in [0.2, 0.25) is 0 Å². The number of hydrogen-bond donors (Lipinski definition) is 1. The van der Waals surface area contributed by atoms with Gasteiger partial charge in [0.05, 0.1) is 5.41 Å². The fraction of sp³-hybridized carbons (Fsp3) is 0.316. The third kappa shape index (κ3) is 3.04. The number of ketones is 1. The largest absolute Gasteiger partial charge is 0.457 e. The van der Waals surface area contributed by atoms with Crippen molar-refractivity contribution in [3.05, 3.63) is 59.7 Å². The average Bonchev–Trinajstić information content (AvgIpc) is 3.37. The number of carbonyl (C=O) groups is 1. The topological polar surface area (TPSA) is 46.5 Å². The van der Waals surface area contributed by atoms with E-state index in [1.165, 1.54) is 0 Å². The summed E-state index contributed by atoms with van der Waals surface area (Å²) in [5.41, 5.74) is 0.00460. The van der Waals surface area contributed by atoms with Crippen molar-refractivity contribution in [3.8, 4) is 11.5 Å². The minimum absolute atomic E-state index is 0.360. The molecule has 1 saturated carbocycles. The van der Waals surface area contributed by atoms with Crippen LogP contribution >= 0.6 is 0 Å². The van der Waals surface area contributed by atoms with Gasteiger partial charge >= 0.3 is 0 Å². The molecule has 0 amide bonds. The number of aliphatic hydroxyl groups excluding tert-OH is 1. The number of carbonyl (C=O) groups excluding carboxylic acids is 1. The Hall–Kier alpha value is -2.27. The first kappa shape index (κ1) is 16.6. The van der Waals surface area contributed by atoms with Crippen molar-refractivity contribution >= 4 is 5.78 Å². The predicted molar refractivity (Wildman–Crippen MR) is 85.9 cm³/mol. The molecule has 2 aromatic rings. The maximum absolute atomic E-state index is 13.8. The van der Waals surface area contributed by atoms with Gasteiger partial charge in [-0.25, -0.2) is 8.78 Å². The number of hydrogen-bond acceptors (Lipinski definition) is 3. The van der Waals surface area contributed by atoms with Crippen LogP contribution in [0.5, 0.6) is 11.5 Å². The highest BCUT2D eigenvalue weighted by atomic mass is 19.3. The molecule has 5 heteroatoms. The van der Waals surface area contributed by atoms with Crippen molar-refractivity contribution in [2.45, 2.75) is 31.1 Å². The molecule has 126 valence electrons. The minimum Gasteiger partial charge on any atom is -0.457 e. The molecule has 0 aliphatic heterocycles. The SMILES string of the molecule is CC(F)(F)C1(c2ccc(Oc3ccc(C(=O)CO)cc3)cc2)CC1. The van der Waals surface area contributed by atoms with Gasteiger partial charge in [-0.15, -0.1) is 0 Å². The summed E-state index contributed by atoms with van der Waals surface area (Å²) >= 11 is 0. The van der Waals surface area contributed by atoms with E-state index in [2.05, 4.69) is 0 Å². The molecular formula is C19H18F2O3. The smallest absolute Gasteiger partial charge is 0.254 e. The van der Waals surface area contributed by atoms with E-state index in [1.54, 1.807) is 48.5 Å². The van der Waals surface area contributed by atoms with Gasteiger partial charge in [-0.2, -0.15) is 0 Å². The normalized spacial score (nSPS) is 15.8. The molecule has 24 heavy (non-hydrogen) atoms. The Morgan fingerprint density at radius 2 is 1.58 bits per heavy atom. The summed E-state index contributed by atoms with van der Waals surface area (Å²) in [5.74, 6) is -2.03. The van der Waals surface area contributed by atoms with Gasteiger partial charge in [-0.05, 0) is 54.8 Å². The molecule has 1 fully saturated rings. The predicted octanol–water partition coefficient (Wildman–Crippen LogP) is 4.34.